The fraction of sp³-hybridized carbons (Fsp3) is 0.222. The number of aliphatic imine (C=N–C) groups is 1. The van der Waals surface area contributed by atoms with Gasteiger partial charge in [0.05, 0.1) is 16.3 Å². The zero-order chi connectivity index (χ0) is 25.6. The maximum atomic E-state index is 12.3. The number of aryl methyl sites for hydroxylation is 1. The van der Waals surface area contributed by atoms with Crippen LogP contribution in [0.25, 0.3) is 11.1 Å². The lowest BCUT2D eigenvalue weighted by molar-refractivity contribution is -0.153. The number of benzene rings is 3. The van der Waals surface area contributed by atoms with E-state index in [0.717, 1.165) is 17.5 Å². The van der Waals surface area contributed by atoms with Crippen molar-refractivity contribution in [3.63, 3.8) is 0 Å². The highest BCUT2D eigenvalue weighted by Crippen LogP contribution is 2.32. The SMILES string of the molecule is CCc1ccc(-c2ccccc2S(C)(=O)=O)cc1N=C(C)C#Cc1ccc(OCC(F)(F)F)cc1. The van der Waals surface area contributed by atoms with Crippen LogP contribution in [0.5, 0.6) is 5.75 Å². The summed E-state index contributed by atoms with van der Waals surface area (Å²) in [5, 5.41) is 0. The molecule has 0 aromatic heterocycles. The van der Waals surface area contributed by atoms with Crippen LogP contribution < -0.4 is 4.74 Å². The van der Waals surface area contributed by atoms with Crippen LogP contribution in [0.1, 0.15) is 25.0 Å². The minimum Gasteiger partial charge on any atom is -0.484 e. The van der Waals surface area contributed by atoms with Gasteiger partial charge in [0.2, 0.25) is 0 Å². The lowest BCUT2D eigenvalue weighted by atomic mass is 10.0. The fourth-order valence-corrected chi connectivity index (χ4v) is 4.24. The molecule has 0 radical (unpaired) electrons. The third-order valence-corrected chi connectivity index (χ3v) is 6.15. The standard InChI is InChI=1S/C27H24F3NO3S/c1-4-21-13-14-22(24-7-5-6-8-26(24)35(3,32)33)17-25(21)31-19(2)9-10-20-11-15-23(16-12-20)34-18-27(28,29)30/h5-8,11-17H,4,18H2,1-3H3. The Labute approximate surface area is 203 Å². The molecule has 0 N–H and O–H groups in total. The molecule has 3 aromatic carbocycles. The summed E-state index contributed by atoms with van der Waals surface area (Å²) in [6.45, 7) is 2.41. The highest BCUT2D eigenvalue weighted by Gasteiger charge is 2.28. The van der Waals surface area contributed by atoms with Crippen LogP contribution in [-0.2, 0) is 16.3 Å². The highest BCUT2D eigenvalue weighted by atomic mass is 32.2. The molecule has 182 valence electrons. The van der Waals surface area contributed by atoms with Crippen molar-refractivity contribution in [3.05, 3.63) is 77.9 Å². The molecule has 0 atom stereocenters. The van der Waals surface area contributed by atoms with Gasteiger partial charge in [-0.25, -0.2) is 13.4 Å². The van der Waals surface area contributed by atoms with E-state index in [1.54, 1.807) is 43.3 Å². The number of sulfone groups is 1. The fourth-order valence-electron chi connectivity index (χ4n) is 3.33. The van der Waals surface area contributed by atoms with Crippen molar-refractivity contribution < 1.29 is 26.3 Å². The molecule has 4 nitrogen and oxygen atoms in total. The number of ether oxygens (including phenoxy) is 1. The molecule has 8 heteroatoms. The van der Waals surface area contributed by atoms with E-state index in [0.29, 0.717) is 22.5 Å². The van der Waals surface area contributed by atoms with Crippen LogP contribution in [-0.4, -0.2) is 33.2 Å². The Kier molecular flexibility index (Phi) is 8.03. The van der Waals surface area contributed by atoms with Crippen LogP contribution in [0.3, 0.4) is 0 Å². The topological polar surface area (TPSA) is 55.7 Å². The zero-order valence-corrected chi connectivity index (χ0v) is 20.3. The molecular formula is C27H24F3NO3S. The van der Waals surface area contributed by atoms with Crippen molar-refractivity contribution >= 4 is 21.2 Å². The van der Waals surface area contributed by atoms with E-state index < -0.39 is 22.6 Å². The second-order valence-corrected chi connectivity index (χ2v) is 9.82. The first-order valence-corrected chi connectivity index (χ1v) is 12.6. The Balaban J connectivity index is 1.87. The maximum Gasteiger partial charge on any atom is 0.422 e. The van der Waals surface area contributed by atoms with Crippen LogP contribution >= 0.6 is 0 Å². The van der Waals surface area contributed by atoms with Crippen molar-refractivity contribution in [2.45, 2.75) is 31.3 Å². The molecule has 0 saturated heterocycles. The minimum absolute atomic E-state index is 0.108. The molecule has 0 unspecified atom stereocenters. The van der Waals surface area contributed by atoms with Crippen molar-refractivity contribution in [2.75, 3.05) is 12.9 Å². The number of halogens is 3. The molecule has 0 fully saturated rings. The number of rotatable bonds is 6. The van der Waals surface area contributed by atoms with E-state index in [1.165, 1.54) is 18.4 Å². The predicted molar refractivity (Wildman–Crippen MR) is 132 cm³/mol. The zero-order valence-electron chi connectivity index (χ0n) is 19.5. The van der Waals surface area contributed by atoms with Crippen molar-refractivity contribution in [2.24, 2.45) is 4.99 Å². The molecule has 0 aliphatic rings. The Morgan fingerprint density at radius 3 is 2.34 bits per heavy atom. The van der Waals surface area contributed by atoms with Crippen molar-refractivity contribution in [3.8, 4) is 28.7 Å². The number of hydrogen-bond donors (Lipinski definition) is 0. The van der Waals surface area contributed by atoms with Crippen molar-refractivity contribution in [1.29, 1.82) is 0 Å². The summed E-state index contributed by atoms with van der Waals surface area (Å²) in [6, 6.07) is 18.5. The normalized spacial score (nSPS) is 12.1. The molecule has 3 rings (SSSR count). The monoisotopic (exact) mass is 499 g/mol. The molecule has 0 bridgehead atoms. The first-order chi connectivity index (χ1) is 16.5. The van der Waals surface area contributed by atoms with Gasteiger partial charge in [0, 0.05) is 17.4 Å². The van der Waals surface area contributed by atoms with E-state index in [9.17, 15) is 21.6 Å². The quantitative estimate of drug-likeness (QED) is 0.291. The van der Waals surface area contributed by atoms with Gasteiger partial charge in [0.15, 0.2) is 16.4 Å². The average Bonchev–Trinajstić information content (AvgIpc) is 2.81. The molecule has 35 heavy (non-hydrogen) atoms. The van der Waals surface area contributed by atoms with Gasteiger partial charge in [-0.2, -0.15) is 13.2 Å². The summed E-state index contributed by atoms with van der Waals surface area (Å²) >= 11 is 0. The lowest BCUT2D eigenvalue weighted by Crippen LogP contribution is -2.19. The molecule has 3 aromatic rings. The largest absolute Gasteiger partial charge is 0.484 e. The second-order valence-electron chi connectivity index (χ2n) is 7.84. The Morgan fingerprint density at radius 2 is 1.71 bits per heavy atom. The highest BCUT2D eigenvalue weighted by molar-refractivity contribution is 7.90. The van der Waals surface area contributed by atoms with Crippen LogP contribution in [0.4, 0.5) is 18.9 Å². The molecule has 0 aliphatic heterocycles. The summed E-state index contributed by atoms with van der Waals surface area (Å²) in [5.74, 6) is 6.00. The summed E-state index contributed by atoms with van der Waals surface area (Å²) in [4.78, 5) is 4.89. The van der Waals surface area contributed by atoms with Gasteiger partial charge in [-0.05, 0) is 66.8 Å². The van der Waals surface area contributed by atoms with E-state index in [1.807, 2.05) is 25.1 Å². The van der Waals surface area contributed by atoms with Gasteiger partial charge in [0.25, 0.3) is 0 Å². The summed E-state index contributed by atoms with van der Waals surface area (Å²) in [5.41, 5.74) is 4.15. The number of alkyl halides is 3. The average molecular weight is 500 g/mol. The first-order valence-electron chi connectivity index (χ1n) is 10.8. The molecule has 0 aliphatic carbocycles. The van der Waals surface area contributed by atoms with Gasteiger partial charge >= 0.3 is 6.18 Å². The van der Waals surface area contributed by atoms with Gasteiger partial charge in [0.1, 0.15) is 5.75 Å². The van der Waals surface area contributed by atoms with Crippen LogP contribution in [0.2, 0.25) is 0 Å². The van der Waals surface area contributed by atoms with Gasteiger partial charge < -0.3 is 4.74 Å². The lowest BCUT2D eigenvalue weighted by Gasteiger charge is -2.11. The van der Waals surface area contributed by atoms with Crippen LogP contribution in [0.15, 0.2) is 76.6 Å². The second kappa shape index (κ2) is 10.8. The van der Waals surface area contributed by atoms with E-state index >= 15 is 0 Å². The van der Waals surface area contributed by atoms with Crippen molar-refractivity contribution in [1.82, 2.24) is 0 Å². The first kappa shape index (κ1) is 26.0. The van der Waals surface area contributed by atoms with Crippen LogP contribution in [0, 0.1) is 11.8 Å². The number of hydrogen-bond acceptors (Lipinski definition) is 4. The maximum absolute atomic E-state index is 12.3. The Morgan fingerprint density at radius 1 is 1.03 bits per heavy atom. The predicted octanol–water partition coefficient (Wildman–Crippen LogP) is 6.40. The van der Waals surface area contributed by atoms with Gasteiger partial charge in [-0.15, -0.1) is 0 Å². The Bertz CT molecular complexity index is 1400. The smallest absolute Gasteiger partial charge is 0.422 e. The van der Waals surface area contributed by atoms with E-state index in [-0.39, 0.29) is 10.6 Å². The van der Waals surface area contributed by atoms with Gasteiger partial charge in [-0.1, -0.05) is 43.2 Å². The summed E-state index contributed by atoms with van der Waals surface area (Å²) < 4.78 is 66.0. The summed E-state index contributed by atoms with van der Waals surface area (Å²) in [7, 11) is -3.41. The third kappa shape index (κ3) is 7.46. The molecule has 0 amide bonds. The molecule has 0 saturated carbocycles. The van der Waals surface area contributed by atoms with E-state index in [4.69, 9.17) is 4.74 Å². The molecular weight excluding hydrogens is 475 g/mol. The summed E-state index contributed by atoms with van der Waals surface area (Å²) in [6.07, 6.45) is -2.49. The Hall–Kier alpha value is -3.57. The molecule has 0 spiro atoms. The van der Waals surface area contributed by atoms with E-state index in [2.05, 4.69) is 16.8 Å². The molecule has 0 heterocycles. The minimum atomic E-state index is -4.40. The number of nitrogens with zero attached hydrogens (tertiary/aromatic N) is 1. The third-order valence-electron chi connectivity index (χ3n) is 5.00. The van der Waals surface area contributed by atoms with Gasteiger partial charge in [-0.3, -0.25) is 0 Å².